The number of aryl methyl sites for hydroxylation is 1. The highest BCUT2D eigenvalue weighted by molar-refractivity contribution is 9.10. The molecule has 2 aromatic rings. The van der Waals surface area contributed by atoms with Crippen molar-refractivity contribution in [1.82, 2.24) is 0 Å². The van der Waals surface area contributed by atoms with Crippen molar-refractivity contribution >= 4 is 15.9 Å². The van der Waals surface area contributed by atoms with Gasteiger partial charge in [-0.3, -0.25) is 0 Å². The minimum atomic E-state index is -4.32. The minimum Gasteiger partial charge on any atom is -0.320 e. The lowest BCUT2D eigenvalue weighted by Gasteiger charge is -2.15. The zero-order valence-corrected chi connectivity index (χ0v) is 12.3. The molecule has 1 nitrogen and oxygen atoms in total. The van der Waals surface area contributed by atoms with Gasteiger partial charge in [0.15, 0.2) is 0 Å². The lowest BCUT2D eigenvalue weighted by atomic mass is 9.98. The van der Waals surface area contributed by atoms with E-state index in [2.05, 4.69) is 15.9 Å². The third-order valence-corrected chi connectivity index (χ3v) is 4.01. The van der Waals surface area contributed by atoms with Crippen molar-refractivity contribution in [2.45, 2.75) is 19.1 Å². The average molecular weight is 344 g/mol. The summed E-state index contributed by atoms with van der Waals surface area (Å²) < 4.78 is 38.4. The molecule has 0 bridgehead atoms. The summed E-state index contributed by atoms with van der Waals surface area (Å²) in [5.41, 5.74) is 8.00. The molecule has 0 aliphatic rings. The zero-order chi connectivity index (χ0) is 14.9. The lowest BCUT2D eigenvalue weighted by Crippen LogP contribution is -2.13. The fraction of sp³-hybridized carbons (Fsp3) is 0.200. The molecule has 1 atom stereocenters. The van der Waals surface area contributed by atoms with Gasteiger partial charge in [0.1, 0.15) is 0 Å². The minimum absolute atomic E-state index is 0.450. The predicted molar refractivity (Wildman–Crippen MR) is 76.4 cm³/mol. The van der Waals surface area contributed by atoms with Crippen LogP contribution in [0.5, 0.6) is 0 Å². The van der Waals surface area contributed by atoms with Crippen LogP contribution in [0.4, 0.5) is 13.2 Å². The fourth-order valence-electron chi connectivity index (χ4n) is 1.87. The van der Waals surface area contributed by atoms with Gasteiger partial charge < -0.3 is 5.73 Å². The standard InChI is InChI=1S/C15H13BrF3N/c1-9-2-3-11(8-13(9)16)14(20)10-4-6-12(7-5-10)15(17,18)19/h2-8,14H,20H2,1H3. The number of benzene rings is 2. The van der Waals surface area contributed by atoms with Gasteiger partial charge in [-0.05, 0) is 41.8 Å². The van der Waals surface area contributed by atoms with E-state index in [4.69, 9.17) is 5.73 Å². The Bertz CT molecular complexity index is 606. The Kier molecular flexibility index (Phi) is 4.20. The molecule has 0 aliphatic heterocycles. The van der Waals surface area contributed by atoms with E-state index in [1.165, 1.54) is 12.1 Å². The SMILES string of the molecule is Cc1ccc(C(N)c2ccc(C(F)(F)F)cc2)cc1Br. The summed E-state index contributed by atoms with van der Waals surface area (Å²) in [7, 11) is 0. The Balaban J connectivity index is 2.29. The molecule has 0 aromatic heterocycles. The highest BCUT2D eigenvalue weighted by Gasteiger charge is 2.30. The van der Waals surface area contributed by atoms with Gasteiger partial charge in [-0.25, -0.2) is 0 Å². The first-order valence-corrected chi connectivity index (χ1v) is 6.77. The smallest absolute Gasteiger partial charge is 0.320 e. The van der Waals surface area contributed by atoms with Crippen LogP contribution in [0.15, 0.2) is 46.9 Å². The molecule has 2 N–H and O–H groups in total. The molecule has 106 valence electrons. The molecule has 2 rings (SSSR count). The Morgan fingerprint density at radius 3 is 2.05 bits per heavy atom. The summed E-state index contributed by atoms with van der Waals surface area (Å²) in [4.78, 5) is 0. The predicted octanol–water partition coefficient (Wildman–Crippen LogP) is 4.82. The summed E-state index contributed by atoms with van der Waals surface area (Å²) in [5, 5.41) is 0. The van der Waals surface area contributed by atoms with Crippen molar-refractivity contribution in [2.24, 2.45) is 5.73 Å². The second kappa shape index (κ2) is 5.58. The van der Waals surface area contributed by atoms with Crippen molar-refractivity contribution in [3.8, 4) is 0 Å². The molecular weight excluding hydrogens is 331 g/mol. The molecular formula is C15H13BrF3N. The first-order valence-electron chi connectivity index (χ1n) is 5.98. The molecule has 0 aliphatic carbocycles. The lowest BCUT2D eigenvalue weighted by molar-refractivity contribution is -0.137. The van der Waals surface area contributed by atoms with Gasteiger partial charge in [0, 0.05) is 4.47 Å². The maximum atomic E-state index is 12.5. The summed E-state index contributed by atoms with van der Waals surface area (Å²) in [5.74, 6) is 0. The highest BCUT2D eigenvalue weighted by Crippen LogP contribution is 2.31. The average Bonchev–Trinajstić information content (AvgIpc) is 2.40. The van der Waals surface area contributed by atoms with Crippen LogP contribution in [0.3, 0.4) is 0 Å². The molecule has 0 spiro atoms. The first kappa shape index (κ1) is 15.1. The third-order valence-electron chi connectivity index (χ3n) is 3.15. The van der Waals surface area contributed by atoms with Crippen molar-refractivity contribution in [3.63, 3.8) is 0 Å². The van der Waals surface area contributed by atoms with Crippen LogP contribution in [0, 0.1) is 6.92 Å². The molecule has 2 aromatic carbocycles. The molecule has 1 unspecified atom stereocenters. The van der Waals surface area contributed by atoms with Gasteiger partial charge in [0.25, 0.3) is 0 Å². The summed E-state index contributed by atoms with van der Waals surface area (Å²) in [6.45, 7) is 1.96. The van der Waals surface area contributed by atoms with Gasteiger partial charge in [-0.2, -0.15) is 13.2 Å². The molecule has 0 saturated carbocycles. The van der Waals surface area contributed by atoms with Crippen LogP contribution < -0.4 is 5.73 Å². The van der Waals surface area contributed by atoms with Gasteiger partial charge in [-0.1, -0.05) is 40.2 Å². The maximum absolute atomic E-state index is 12.5. The zero-order valence-electron chi connectivity index (χ0n) is 10.7. The van der Waals surface area contributed by atoms with Crippen molar-refractivity contribution < 1.29 is 13.2 Å². The molecule has 0 heterocycles. The number of hydrogen-bond donors (Lipinski definition) is 1. The molecule has 20 heavy (non-hydrogen) atoms. The third kappa shape index (κ3) is 3.22. The fourth-order valence-corrected chi connectivity index (χ4v) is 2.27. The largest absolute Gasteiger partial charge is 0.416 e. The quantitative estimate of drug-likeness (QED) is 0.830. The van der Waals surface area contributed by atoms with Gasteiger partial charge in [0.05, 0.1) is 11.6 Å². The second-order valence-electron chi connectivity index (χ2n) is 4.61. The van der Waals surface area contributed by atoms with E-state index in [1.807, 2.05) is 25.1 Å². The number of rotatable bonds is 2. The van der Waals surface area contributed by atoms with Gasteiger partial charge in [0.2, 0.25) is 0 Å². The molecule has 0 amide bonds. The maximum Gasteiger partial charge on any atom is 0.416 e. The summed E-state index contributed by atoms with van der Waals surface area (Å²) in [6.07, 6.45) is -4.32. The monoisotopic (exact) mass is 343 g/mol. The van der Waals surface area contributed by atoms with Crippen LogP contribution in [-0.2, 0) is 6.18 Å². The van der Waals surface area contributed by atoms with Crippen LogP contribution in [0.1, 0.15) is 28.3 Å². The van der Waals surface area contributed by atoms with E-state index >= 15 is 0 Å². The van der Waals surface area contributed by atoms with Crippen molar-refractivity contribution in [1.29, 1.82) is 0 Å². The number of hydrogen-bond acceptors (Lipinski definition) is 1. The van der Waals surface area contributed by atoms with E-state index in [1.54, 1.807) is 0 Å². The molecule has 0 fully saturated rings. The van der Waals surface area contributed by atoms with Crippen LogP contribution in [-0.4, -0.2) is 0 Å². The molecule has 0 saturated heterocycles. The van der Waals surface area contributed by atoms with E-state index < -0.39 is 17.8 Å². The number of alkyl halides is 3. The second-order valence-corrected chi connectivity index (χ2v) is 5.46. The summed E-state index contributed by atoms with van der Waals surface area (Å²) >= 11 is 3.42. The van der Waals surface area contributed by atoms with E-state index in [-0.39, 0.29) is 0 Å². The Labute approximate surface area is 123 Å². The van der Waals surface area contributed by atoms with Gasteiger partial charge in [-0.15, -0.1) is 0 Å². The highest BCUT2D eigenvalue weighted by atomic mass is 79.9. The van der Waals surface area contributed by atoms with E-state index in [9.17, 15) is 13.2 Å². The van der Waals surface area contributed by atoms with Crippen LogP contribution >= 0.6 is 15.9 Å². The Morgan fingerprint density at radius 2 is 1.55 bits per heavy atom. The van der Waals surface area contributed by atoms with Crippen molar-refractivity contribution in [3.05, 3.63) is 69.2 Å². The van der Waals surface area contributed by atoms with E-state index in [0.717, 1.165) is 27.7 Å². The van der Waals surface area contributed by atoms with E-state index in [0.29, 0.717) is 5.56 Å². The van der Waals surface area contributed by atoms with Crippen LogP contribution in [0.25, 0.3) is 0 Å². The van der Waals surface area contributed by atoms with Gasteiger partial charge >= 0.3 is 6.18 Å². The molecule has 0 radical (unpaired) electrons. The Hall–Kier alpha value is -1.33. The van der Waals surface area contributed by atoms with Crippen LogP contribution in [0.2, 0.25) is 0 Å². The Morgan fingerprint density at radius 1 is 1.00 bits per heavy atom. The van der Waals surface area contributed by atoms with Crippen molar-refractivity contribution in [2.75, 3.05) is 0 Å². The number of halogens is 4. The first-order chi connectivity index (χ1) is 9.29. The number of nitrogens with two attached hydrogens (primary N) is 1. The summed E-state index contributed by atoms with van der Waals surface area (Å²) in [6, 6.07) is 10.2. The normalized spacial score (nSPS) is 13.3. The molecule has 5 heteroatoms. The topological polar surface area (TPSA) is 26.0 Å².